The van der Waals surface area contributed by atoms with E-state index in [9.17, 15) is 4.79 Å². The fourth-order valence-electron chi connectivity index (χ4n) is 3.27. The van der Waals surface area contributed by atoms with Crippen LogP contribution in [0, 0.1) is 0 Å². The SMILES string of the molecule is O=C(O)NCCCn1cc(Cl)c2cnc(Nc3ccc(N4CCOCC4)nc3)nc21. The normalized spacial score (nSPS) is 14.1. The van der Waals surface area contributed by atoms with Gasteiger partial charge in [0.25, 0.3) is 0 Å². The summed E-state index contributed by atoms with van der Waals surface area (Å²) in [5.74, 6) is 1.35. The first-order valence-corrected chi connectivity index (χ1v) is 10.0. The van der Waals surface area contributed by atoms with Crippen molar-refractivity contribution in [2.75, 3.05) is 43.1 Å². The standard InChI is InChI=1S/C19H22ClN7O3/c20-15-12-27(5-1-4-21-19(28)29)17-14(15)11-23-18(25-17)24-13-2-3-16(22-10-13)26-6-8-30-9-7-26/h2-3,10-12,21H,1,4-9H2,(H,28,29)(H,23,24,25). The van der Waals surface area contributed by atoms with Crippen LogP contribution in [0.1, 0.15) is 6.42 Å². The van der Waals surface area contributed by atoms with Crippen LogP contribution in [0.5, 0.6) is 0 Å². The molecule has 158 valence electrons. The lowest BCUT2D eigenvalue weighted by Crippen LogP contribution is -2.36. The average molecular weight is 432 g/mol. The summed E-state index contributed by atoms with van der Waals surface area (Å²) >= 11 is 6.29. The fourth-order valence-corrected chi connectivity index (χ4v) is 3.52. The molecule has 4 heterocycles. The maximum atomic E-state index is 10.6. The Bertz CT molecular complexity index is 1020. The quantitative estimate of drug-likeness (QED) is 0.489. The van der Waals surface area contributed by atoms with Crippen LogP contribution in [0.25, 0.3) is 11.0 Å². The number of amides is 1. The van der Waals surface area contributed by atoms with E-state index < -0.39 is 6.09 Å². The maximum Gasteiger partial charge on any atom is 0.404 e. The zero-order valence-electron chi connectivity index (χ0n) is 16.2. The highest BCUT2D eigenvalue weighted by atomic mass is 35.5. The maximum absolute atomic E-state index is 10.6. The van der Waals surface area contributed by atoms with Gasteiger partial charge in [-0.1, -0.05) is 11.6 Å². The van der Waals surface area contributed by atoms with Gasteiger partial charge in [-0.15, -0.1) is 0 Å². The van der Waals surface area contributed by atoms with Crippen LogP contribution >= 0.6 is 11.6 Å². The molecule has 4 rings (SSSR count). The molecule has 1 amide bonds. The Morgan fingerprint density at radius 2 is 2.07 bits per heavy atom. The van der Waals surface area contributed by atoms with Crippen molar-refractivity contribution in [1.82, 2.24) is 24.8 Å². The molecule has 0 saturated carbocycles. The molecule has 1 saturated heterocycles. The lowest BCUT2D eigenvalue weighted by atomic mass is 10.3. The number of aromatic nitrogens is 4. The Hall–Kier alpha value is -3.11. The number of carboxylic acid groups (broad SMARTS) is 1. The van der Waals surface area contributed by atoms with Crippen LogP contribution < -0.4 is 15.5 Å². The van der Waals surface area contributed by atoms with Gasteiger partial charge in [0.2, 0.25) is 5.95 Å². The zero-order valence-corrected chi connectivity index (χ0v) is 17.0. The summed E-state index contributed by atoms with van der Waals surface area (Å²) in [6, 6.07) is 3.90. The molecule has 0 aromatic carbocycles. The summed E-state index contributed by atoms with van der Waals surface area (Å²) < 4.78 is 7.27. The summed E-state index contributed by atoms with van der Waals surface area (Å²) in [6.07, 6.45) is 4.79. The third-order valence-electron chi connectivity index (χ3n) is 4.76. The monoisotopic (exact) mass is 431 g/mol. The highest BCUT2D eigenvalue weighted by Crippen LogP contribution is 2.26. The first kappa shape index (κ1) is 20.2. The smallest absolute Gasteiger partial charge is 0.404 e. The van der Waals surface area contributed by atoms with Crippen molar-refractivity contribution in [3.05, 3.63) is 35.7 Å². The molecule has 0 bridgehead atoms. The van der Waals surface area contributed by atoms with E-state index in [1.807, 2.05) is 16.7 Å². The highest BCUT2D eigenvalue weighted by Gasteiger charge is 2.13. The topological polar surface area (TPSA) is 117 Å². The van der Waals surface area contributed by atoms with Crippen molar-refractivity contribution < 1.29 is 14.6 Å². The van der Waals surface area contributed by atoms with Gasteiger partial charge in [-0.05, 0) is 18.6 Å². The van der Waals surface area contributed by atoms with E-state index >= 15 is 0 Å². The molecule has 10 nitrogen and oxygen atoms in total. The van der Waals surface area contributed by atoms with Crippen molar-refractivity contribution in [1.29, 1.82) is 0 Å². The number of aryl methyl sites for hydroxylation is 1. The Labute approximate surface area is 177 Å². The minimum Gasteiger partial charge on any atom is -0.465 e. The van der Waals surface area contributed by atoms with Gasteiger partial charge in [-0.3, -0.25) is 0 Å². The van der Waals surface area contributed by atoms with E-state index in [-0.39, 0.29) is 0 Å². The van der Waals surface area contributed by atoms with Gasteiger partial charge in [0, 0.05) is 38.6 Å². The summed E-state index contributed by atoms with van der Waals surface area (Å²) in [6.45, 7) is 4.02. The number of morpholine rings is 1. The number of nitrogens with one attached hydrogen (secondary N) is 2. The minimum atomic E-state index is -1.03. The number of rotatable bonds is 7. The first-order valence-electron chi connectivity index (χ1n) is 9.64. The molecule has 0 unspecified atom stereocenters. The number of ether oxygens (including phenoxy) is 1. The van der Waals surface area contributed by atoms with Crippen molar-refractivity contribution in [2.24, 2.45) is 0 Å². The Balaban J connectivity index is 1.46. The summed E-state index contributed by atoms with van der Waals surface area (Å²) in [5, 5.41) is 15.5. The Kier molecular flexibility index (Phi) is 6.15. The van der Waals surface area contributed by atoms with Gasteiger partial charge in [0.15, 0.2) is 0 Å². The lowest BCUT2D eigenvalue weighted by molar-refractivity contribution is 0.122. The van der Waals surface area contributed by atoms with E-state index in [0.717, 1.165) is 30.0 Å². The van der Waals surface area contributed by atoms with Crippen molar-refractivity contribution in [3.8, 4) is 0 Å². The molecule has 1 aliphatic rings. The van der Waals surface area contributed by atoms with E-state index in [4.69, 9.17) is 21.4 Å². The highest BCUT2D eigenvalue weighted by molar-refractivity contribution is 6.35. The molecule has 3 N–H and O–H groups in total. The lowest BCUT2D eigenvalue weighted by Gasteiger charge is -2.27. The van der Waals surface area contributed by atoms with Gasteiger partial charge >= 0.3 is 6.09 Å². The fraction of sp³-hybridized carbons (Fsp3) is 0.368. The largest absolute Gasteiger partial charge is 0.465 e. The predicted octanol–water partition coefficient (Wildman–Crippen LogP) is 2.72. The molecule has 11 heteroatoms. The third-order valence-corrected chi connectivity index (χ3v) is 5.06. The molecule has 0 aliphatic carbocycles. The molecule has 3 aromatic rings. The van der Waals surface area contributed by atoms with E-state index in [0.29, 0.717) is 49.3 Å². The molecule has 3 aromatic heterocycles. The van der Waals surface area contributed by atoms with Gasteiger partial charge in [0.05, 0.1) is 35.5 Å². The minimum absolute atomic E-state index is 0.351. The number of anilines is 3. The van der Waals surface area contributed by atoms with Crippen LogP contribution in [0.4, 0.5) is 22.2 Å². The Morgan fingerprint density at radius 3 is 2.80 bits per heavy atom. The van der Waals surface area contributed by atoms with Crippen LogP contribution in [0.2, 0.25) is 5.02 Å². The van der Waals surface area contributed by atoms with E-state index in [2.05, 4.69) is 30.5 Å². The Morgan fingerprint density at radius 1 is 1.23 bits per heavy atom. The van der Waals surface area contributed by atoms with Gasteiger partial charge in [-0.25, -0.2) is 14.8 Å². The van der Waals surface area contributed by atoms with Crippen LogP contribution in [0.3, 0.4) is 0 Å². The third kappa shape index (κ3) is 4.71. The van der Waals surface area contributed by atoms with Crippen LogP contribution in [-0.4, -0.2) is 63.6 Å². The second kappa shape index (κ2) is 9.14. The summed E-state index contributed by atoms with van der Waals surface area (Å²) in [5.41, 5.74) is 1.46. The molecule has 0 spiro atoms. The van der Waals surface area contributed by atoms with E-state index in [1.165, 1.54) is 0 Å². The second-order valence-corrected chi connectivity index (χ2v) is 7.22. The summed E-state index contributed by atoms with van der Waals surface area (Å²) in [7, 11) is 0. The summed E-state index contributed by atoms with van der Waals surface area (Å²) in [4.78, 5) is 26.2. The number of pyridine rings is 1. The average Bonchev–Trinajstić information content (AvgIpc) is 3.07. The zero-order chi connectivity index (χ0) is 20.9. The molecule has 0 radical (unpaired) electrons. The number of halogens is 1. The molecule has 0 atom stereocenters. The molecular weight excluding hydrogens is 410 g/mol. The molecule has 1 fully saturated rings. The van der Waals surface area contributed by atoms with Crippen molar-refractivity contribution in [3.63, 3.8) is 0 Å². The number of hydrogen-bond donors (Lipinski definition) is 3. The first-order chi connectivity index (χ1) is 14.6. The number of fused-ring (bicyclic) bond motifs is 1. The number of hydrogen-bond acceptors (Lipinski definition) is 7. The number of carbonyl (C=O) groups is 1. The second-order valence-electron chi connectivity index (χ2n) is 6.82. The van der Waals surface area contributed by atoms with Crippen LogP contribution in [0.15, 0.2) is 30.7 Å². The van der Waals surface area contributed by atoms with Gasteiger partial charge < -0.3 is 29.9 Å². The van der Waals surface area contributed by atoms with Crippen LogP contribution in [-0.2, 0) is 11.3 Å². The molecule has 1 aliphatic heterocycles. The number of nitrogens with zero attached hydrogens (tertiary/aromatic N) is 5. The molecule has 30 heavy (non-hydrogen) atoms. The van der Waals surface area contributed by atoms with E-state index in [1.54, 1.807) is 18.6 Å². The molecular formula is C19H22ClN7O3. The van der Waals surface area contributed by atoms with Crippen molar-refractivity contribution in [2.45, 2.75) is 13.0 Å². The van der Waals surface area contributed by atoms with Gasteiger partial charge in [0.1, 0.15) is 11.5 Å². The predicted molar refractivity (Wildman–Crippen MR) is 114 cm³/mol. The van der Waals surface area contributed by atoms with Gasteiger partial charge in [-0.2, -0.15) is 4.98 Å². The van der Waals surface area contributed by atoms with Crippen molar-refractivity contribution >= 4 is 46.2 Å².